The minimum absolute atomic E-state index is 0.372. The predicted octanol–water partition coefficient (Wildman–Crippen LogP) is 5.29. The molecule has 1 aromatic rings. The van der Waals surface area contributed by atoms with E-state index in [9.17, 15) is 0 Å². The molecule has 0 radical (unpaired) electrons. The molecular formula is C21H36N2O. The first-order valence-corrected chi connectivity index (χ1v) is 10.0. The summed E-state index contributed by atoms with van der Waals surface area (Å²) in [5.41, 5.74) is 2.45. The fourth-order valence-electron chi connectivity index (χ4n) is 3.30. The second kappa shape index (κ2) is 11.4. The SMILES string of the molecule is CCCCCCCCCNc1ccc(OC2CCNCC2)c(C)c1. The van der Waals surface area contributed by atoms with Crippen LogP contribution in [0.4, 0.5) is 5.69 Å². The van der Waals surface area contributed by atoms with E-state index in [4.69, 9.17) is 4.74 Å². The summed E-state index contributed by atoms with van der Waals surface area (Å²) in [5.74, 6) is 1.04. The highest BCUT2D eigenvalue weighted by Crippen LogP contribution is 2.24. The van der Waals surface area contributed by atoms with Crippen LogP contribution < -0.4 is 15.4 Å². The summed E-state index contributed by atoms with van der Waals surface area (Å²) >= 11 is 0. The number of benzene rings is 1. The molecule has 0 spiro atoms. The van der Waals surface area contributed by atoms with Gasteiger partial charge < -0.3 is 15.4 Å². The van der Waals surface area contributed by atoms with Gasteiger partial charge in [0.25, 0.3) is 0 Å². The maximum Gasteiger partial charge on any atom is 0.122 e. The van der Waals surface area contributed by atoms with E-state index in [-0.39, 0.29) is 0 Å². The number of aryl methyl sites for hydroxylation is 1. The van der Waals surface area contributed by atoms with Crippen LogP contribution in [0.1, 0.15) is 70.3 Å². The summed E-state index contributed by atoms with van der Waals surface area (Å²) in [6.45, 7) is 7.63. The second-order valence-corrected chi connectivity index (χ2v) is 7.10. The van der Waals surface area contributed by atoms with Crippen molar-refractivity contribution in [1.82, 2.24) is 5.32 Å². The van der Waals surface area contributed by atoms with Gasteiger partial charge in [0.15, 0.2) is 0 Å². The topological polar surface area (TPSA) is 33.3 Å². The summed E-state index contributed by atoms with van der Waals surface area (Å²) in [5, 5.41) is 6.93. The molecule has 3 heteroatoms. The van der Waals surface area contributed by atoms with Crippen LogP contribution in [0.5, 0.6) is 5.75 Å². The van der Waals surface area contributed by atoms with E-state index in [2.05, 4.69) is 42.7 Å². The maximum absolute atomic E-state index is 6.16. The average Bonchev–Trinajstić information content (AvgIpc) is 2.60. The third-order valence-corrected chi connectivity index (χ3v) is 4.86. The van der Waals surface area contributed by atoms with Crippen molar-refractivity contribution >= 4 is 5.69 Å². The van der Waals surface area contributed by atoms with E-state index in [0.29, 0.717) is 6.10 Å². The zero-order valence-electron chi connectivity index (χ0n) is 15.7. The van der Waals surface area contributed by atoms with Crippen molar-refractivity contribution in [3.05, 3.63) is 23.8 Å². The Labute approximate surface area is 148 Å². The van der Waals surface area contributed by atoms with Gasteiger partial charge in [0, 0.05) is 12.2 Å². The smallest absolute Gasteiger partial charge is 0.122 e. The lowest BCUT2D eigenvalue weighted by Crippen LogP contribution is -2.34. The summed E-state index contributed by atoms with van der Waals surface area (Å²) in [7, 11) is 0. The molecule has 0 unspecified atom stereocenters. The third-order valence-electron chi connectivity index (χ3n) is 4.86. The maximum atomic E-state index is 6.16. The molecule has 1 aromatic carbocycles. The van der Waals surface area contributed by atoms with Crippen molar-refractivity contribution in [2.24, 2.45) is 0 Å². The minimum Gasteiger partial charge on any atom is -0.490 e. The first-order valence-electron chi connectivity index (χ1n) is 10.0. The molecule has 1 aliphatic rings. The van der Waals surface area contributed by atoms with Crippen LogP contribution in [0.3, 0.4) is 0 Å². The van der Waals surface area contributed by atoms with Crippen molar-refractivity contribution in [2.75, 3.05) is 25.0 Å². The van der Waals surface area contributed by atoms with Gasteiger partial charge in [0.1, 0.15) is 11.9 Å². The van der Waals surface area contributed by atoms with Crippen LogP contribution >= 0.6 is 0 Å². The zero-order valence-corrected chi connectivity index (χ0v) is 15.7. The quantitative estimate of drug-likeness (QED) is 0.540. The van der Waals surface area contributed by atoms with Crippen molar-refractivity contribution in [3.63, 3.8) is 0 Å². The van der Waals surface area contributed by atoms with E-state index in [0.717, 1.165) is 38.2 Å². The summed E-state index contributed by atoms with van der Waals surface area (Å²) in [4.78, 5) is 0. The van der Waals surface area contributed by atoms with Crippen molar-refractivity contribution < 1.29 is 4.74 Å². The van der Waals surface area contributed by atoms with Crippen LogP contribution in [0.15, 0.2) is 18.2 Å². The highest BCUT2D eigenvalue weighted by molar-refractivity contribution is 5.50. The van der Waals surface area contributed by atoms with Crippen LogP contribution in [0.25, 0.3) is 0 Å². The van der Waals surface area contributed by atoms with Gasteiger partial charge >= 0.3 is 0 Å². The molecule has 0 aliphatic carbocycles. The van der Waals surface area contributed by atoms with Gasteiger partial charge in [-0.1, -0.05) is 45.4 Å². The summed E-state index contributed by atoms with van der Waals surface area (Å²) in [6, 6.07) is 6.51. The Hall–Kier alpha value is -1.22. The molecular weight excluding hydrogens is 296 g/mol. The van der Waals surface area contributed by atoms with Gasteiger partial charge in [0.05, 0.1) is 0 Å². The Morgan fingerprint density at radius 3 is 2.46 bits per heavy atom. The van der Waals surface area contributed by atoms with E-state index < -0.39 is 0 Å². The molecule has 0 aromatic heterocycles. The number of piperidine rings is 1. The fraction of sp³-hybridized carbons (Fsp3) is 0.714. The lowest BCUT2D eigenvalue weighted by Gasteiger charge is -2.24. The van der Waals surface area contributed by atoms with Crippen LogP contribution in [-0.4, -0.2) is 25.7 Å². The number of ether oxygens (including phenoxy) is 1. The van der Waals surface area contributed by atoms with Gasteiger partial charge in [-0.3, -0.25) is 0 Å². The Morgan fingerprint density at radius 1 is 1.04 bits per heavy atom. The Kier molecular flexibility index (Phi) is 9.04. The molecule has 0 bridgehead atoms. The van der Waals surface area contributed by atoms with Crippen molar-refractivity contribution in [1.29, 1.82) is 0 Å². The summed E-state index contributed by atoms with van der Waals surface area (Å²) in [6.07, 6.45) is 12.1. The molecule has 0 amide bonds. The van der Waals surface area contributed by atoms with E-state index >= 15 is 0 Å². The molecule has 1 heterocycles. The van der Waals surface area contributed by atoms with E-state index in [1.165, 1.54) is 56.2 Å². The van der Waals surface area contributed by atoms with E-state index in [1.54, 1.807) is 0 Å². The van der Waals surface area contributed by atoms with Gasteiger partial charge in [-0.15, -0.1) is 0 Å². The predicted molar refractivity (Wildman–Crippen MR) is 104 cm³/mol. The molecule has 2 N–H and O–H groups in total. The monoisotopic (exact) mass is 332 g/mol. The lowest BCUT2D eigenvalue weighted by atomic mass is 10.1. The normalized spacial score (nSPS) is 15.4. The van der Waals surface area contributed by atoms with Crippen LogP contribution in [0.2, 0.25) is 0 Å². The van der Waals surface area contributed by atoms with Crippen molar-refractivity contribution in [2.45, 2.75) is 77.7 Å². The number of unbranched alkanes of at least 4 members (excludes halogenated alkanes) is 6. The average molecular weight is 333 g/mol. The van der Waals surface area contributed by atoms with Crippen LogP contribution in [0, 0.1) is 6.92 Å². The van der Waals surface area contributed by atoms with Gasteiger partial charge in [-0.25, -0.2) is 0 Å². The highest BCUT2D eigenvalue weighted by Gasteiger charge is 2.15. The fourth-order valence-corrected chi connectivity index (χ4v) is 3.30. The lowest BCUT2D eigenvalue weighted by molar-refractivity contribution is 0.161. The second-order valence-electron chi connectivity index (χ2n) is 7.10. The summed E-state index contributed by atoms with van der Waals surface area (Å²) < 4.78 is 6.16. The van der Waals surface area contributed by atoms with Gasteiger partial charge in [-0.2, -0.15) is 0 Å². The minimum atomic E-state index is 0.372. The molecule has 3 nitrogen and oxygen atoms in total. The van der Waals surface area contributed by atoms with Crippen LogP contribution in [-0.2, 0) is 0 Å². The highest BCUT2D eigenvalue weighted by atomic mass is 16.5. The molecule has 1 fully saturated rings. The standard InChI is InChI=1S/C21H36N2O/c1-3-4-5-6-7-8-9-14-23-19-10-11-21(18(2)17-19)24-20-12-15-22-16-13-20/h10-11,17,20,22-23H,3-9,12-16H2,1-2H3. The van der Waals surface area contributed by atoms with Gasteiger partial charge in [0.2, 0.25) is 0 Å². The Morgan fingerprint density at radius 2 is 1.75 bits per heavy atom. The molecule has 1 saturated heterocycles. The molecule has 24 heavy (non-hydrogen) atoms. The third kappa shape index (κ3) is 7.12. The number of hydrogen-bond acceptors (Lipinski definition) is 3. The number of rotatable bonds is 11. The number of anilines is 1. The Balaban J connectivity index is 1.64. The molecule has 136 valence electrons. The number of hydrogen-bond donors (Lipinski definition) is 2. The Bertz CT molecular complexity index is 455. The first-order chi connectivity index (χ1) is 11.8. The zero-order chi connectivity index (χ0) is 17.0. The molecule has 0 atom stereocenters. The molecule has 1 aliphatic heterocycles. The number of nitrogens with one attached hydrogen (secondary N) is 2. The van der Waals surface area contributed by atoms with Gasteiger partial charge in [-0.05, 0) is 63.0 Å². The molecule has 0 saturated carbocycles. The molecule has 2 rings (SSSR count). The van der Waals surface area contributed by atoms with E-state index in [1.807, 2.05) is 0 Å². The first kappa shape index (κ1) is 19.1. The largest absolute Gasteiger partial charge is 0.490 e. The van der Waals surface area contributed by atoms with Crippen molar-refractivity contribution in [3.8, 4) is 5.75 Å².